The molecule has 2 heterocycles. The summed E-state index contributed by atoms with van der Waals surface area (Å²) in [6, 6.07) is 4.10. The van der Waals surface area contributed by atoms with Gasteiger partial charge in [0.25, 0.3) is 0 Å². The molecular formula is C14H21N3O2S. The molecule has 2 rings (SSSR count). The Morgan fingerprint density at radius 2 is 2.40 bits per heavy atom. The maximum atomic E-state index is 12.0. The van der Waals surface area contributed by atoms with Crippen LogP contribution >= 0.6 is 11.3 Å². The van der Waals surface area contributed by atoms with Crippen molar-refractivity contribution in [3.63, 3.8) is 0 Å². The molecule has 1 aromatic heterocycles. The predicted molar refractivity (Wildman–Crippen MR) is 79.8 cm³/mol. The molecule has 3 amide bonds. The molecule has 110 valence electrons. The van der Waals surface area contributed by atoms with Gasteiger partial charge >= 0.3 is 6.03 Å². The van der Waals surface area contributed by atoms with Gasteiger partial charge in [0.05, 0.1) is 0 Å². The number of nitrogens with zero attached hydrogens (tertiary/aromatic N) is 1. The van der Waals surface area contributed by atoms with Gasteiger partial charge in [-0.1, -0.05) is 13.0 Å². The number of hydrogen-bond acceptors (Lipinski definition) is 3. The first kappa shape index (κ1) is 14.8. The second kappa shape index (κ2) is 7.28. The van der Waals surface area contributed by atoms with Gasteiger partial charge in [-0.15, -0.1) is 11.3 Å². The molecule has 0 aromatic carbocycles. The molecule has 2 N–H and O–H groups in total. The van der Waals surface area contributed by atoms with E-state index in [1.165, 1.54) is 4.88 Å². The van der Waals surface area contributed by atoms with Crippen LogP contribution in [0.15, 0.2) is 17.5 Å². The van der Waals surface area contributed by atoms with E-state index in [0.717, 1.165) is 6.42 Å². The third-order valence-corrected chi connectivity index (χ3v) is 4.23. The molecule has 0 aliphatic carbocycles. The fraction of sp³-hybridized carbons (Fsp3) is 0.571. The zero-order valence-electron chi connectivity index (χ0n) is 11.7. The Morgan fingerprint density at radius 3 is 3.15 bits per heavy atom. The van der Waals surface area contributed by atoms with Crippen molar-refractivity contribution in [1.29, 1.82) is 0 Å². The zero-order valence-corrected chi connectivity index (χ0v) is 12.5. The lowest BCUT2D eigenvalue weighted by atomic mass is 10.1. The highest BCUT2D eigenvalue weighted by molar-refractivity contribution is 7.09. The number of carbonyl (C=O) groups is 2. The Balaban J connectivity index is 1.72. The van der Waals surface area contributed by atoms with Crippen molar-refractivity contribution in [3.8, 4) is 0 Å². The van der Waals surface area contributed by atoms with Crippen molar-refractivity contribution in [2.75, 3.05) is 26.2 Å². The van der Waals surface area contributed by atoms with Gasteiger partial charge < -0.3 is 15.5 Å². The molecule has 1 aliphatic rings. The smallest absolute Gasteiger partial charge is 0.317 e. The molecule has 5 nitrogen and oxygen atoms in total. The van der Waals surface area contributed by atoms with Gasteiger partial charge in [0.2, 0.25) is 5.91 Å². The van der Waals surface area contributed by atoms with Crippen LogP contribution in [0.3, 0.4) is 0 Å². The van der Waals surface area contributed by atoms with E-state index >= 15 is 0 Å². The molecule has 0 radical (unpaired) electrons. The van der Waals surface area contributed by atoms with Crippen molar-refractivity contribution >= 4 is 23.3 Å². The lowest BCUT2D eigenvalue weighted by Gasteiger charge is -2.21. The highest BCUT2D eigenvalue weighted by Crippen LogP contribution is 2.13. The molecule has 1 aliphatic heterocycles. The first-order valence-corrected chi connectivity index (χ1v) is 7.85. The molecule has 1 aromatic rings. The maximum absolute atomic E-state index is 12.0. The average molecular weight is 295 g/mol. The normalized spacial score (nSPS) is 17.2. The van der Waals surface area contributed by atoms with Gasteiger partial charge in [0, 0.05) is 37.5 Å². The molecule has 6 heteroatoms. The number of rotatable bonds is 4. The Hall–Kier alpha value is -1.56. The fourth-order valence-corrected chi connectivity index (χ4v) is 3.06. The van der Waals surface area contributed by atoms with E-state index in [2.05, 4.69) is 29.0 Å². The molecule has 0 bridgehead atoms. The number of hydrogen-bond donors (Lipinski definition) is 2. The second-order valence-corrected chi connectivity index (χ2v) is 6.19. The summed E-state index contributed by atoms with van der Waals surface area (Å²) in [7, 11) is 0. The van der Waals surface area contributed by atoms with Crippen LogP contribution in [-0.2, 0) is 11.2 Å². The van der Waals surface area contributed by atoms with Crippen LogP contribution in [0.5, 0.6) is 0 Å². The Labute approximate surface area is 123 Å². The second-order valence-electron chi connectivity index (χ2n) is 5.16. The van der Waals surface area contributed by atoms with Crippen LogP contribution in [0.1, 0.15) is 18.2 Å². The summed E-state index contributed by atoms with van der Waals surface area (Å²) < 4.78 is 0. The average Bonchev–Trinajstić information content (AvgIpc) is 2.83. The minimum atomic E-state index is -0.0699. The third-order valence-electron chi connectivity index (χ3n) is 3.33. The van der Waals surface area contributed by atoms with Gasteiger partial charge in [0.15, 0.2) is 0 Å². The van der Waals surface area contributed by atoms with Crippen LogP contribution < -0.4 is 10.6 Å². The monoisotopic (exact) mass is 295 g/mol. The third kappa shape index (κ3) is 4.52. The molecule has 0 saturated carbocycles. The van der Waals surface area contributed by atoms with Crippen LogP contribution in [-0.4, -0.2) is 43.0 Å². The van der Waals surface area contributed by atoms with Crippen molar-refractivity contribution < 1.29 is 9.59 Å². The van der Waals surface area contributed by atoms with Gasteiger partial charge in [-0.2, -0.15) is 0 Å². The van der Waals surface area contributed by atoms with Gasteiger partial charge in [-0.3, -0.25) is 4.79 Å². The van der Waals surface area contributed by atoms with Gasteiger partial charge in [-0.25, -0.2) is 4.79 Å². The lowest BCUT2D eigenvalue weighted by Crippen LogP contribution is -2.43. The van der Waals surface area contributed by atoms with Crippen LogP contribution in [0.4, 0.5) is 4.79 Å². The van der Waals surface area contributed by atoms with Crippen LogP contribution in [0.2, 0.25) is 0 Å². The van der Waals surface area contributed by atoms with Crippen LogP contribution in [0.25, 0.3) is 0 Å². The van der Waals surface area contributed by atoms with E-state index in [-0.39, 0.29) is 11.9 Å². The minimum absolute atomic E-state index is 0.0198. The molecule has 1 atom stereocenters. The Morgan fingerprint density at radius 1 is 1.55 bits per heavy atom. The maximum Gasteiger partial charge on any atom is 0.317 e. The largest absolute Gasteiger partial charge is 0.354 e. The summed E-state index contributed by atoms with van der Waals surface area (Å²) in [6.07, 6.45) is 1.37. The van der Waals surface area contributed by atoms with Crippen LogP contribution in [0, 0.1) is 5.92 Å². The lowest BCUT2D eigenvalue weighted by molar-refractivity contribution is -0.120. The summed E-state index contributed by atoms with van der Waals surface area (Å²) in [5.74, 6) is 0.427. The highest BCUT2D eigenvalue weighted by atomic mass is 32.1. The number of carbonyl (C=O) groups excluding carboxylic acids is 2. The summed E-state index contributed by atoms with van der Waals surface area (Å²) in [6.45, 7) is 4.41. The minimum Gasteiger partial charge on any atom is -0.354 e. The molecule has 0 spiro atoms. The summed E-state index contributed by atoms with van der Waals surface area (Å²) >= 11 is 1.75. The number of amides is 3. The zero-order chi connectivity index (χ0) is 14.4. The quantitative estimate of drug-likeness (QED) is 0.883. The number of nitrogens with one attached hydrogen (secondary N) is 2. The SMILES string of the molecule is C[C@H](CNC(=O)N1CCNC(=O)CC1)Cc1cccs1. The van der Waals surface area contributed by atoms with Crippen molar-refractivity contribution in [2.45, 2.75) is 19.8 Å². The van der Waals surface area contributed by atoms with Crippen molar-refractivity contribution in [2.24, 2.45) is 5.92 Å². The standard InChI is InChI=1S/C14H21N3O2S/c1-11(9-12-3-2-8-20-12)10-16-14(19)17-6-4-13(18)15-5-7-17/h2-3,8,11H,4-7,9-10H2,1H3,(H,15,18)(H,16,19)/t11-/m0/s1. The van der Waals surface area contributed by atoms with Crippen molar-refractivity contribution in [3.05, 3.63) is 22.4 Å². The van der Waals surface area contributed by atoms with Gasteiger partial charge in [-0.05, 0) is 23.8 Å². The van der Waals surface area contributed by atoms with Crippen molar-refractivity contribution in [1.82, 2.24) is 15.5 Å². The fourth-order valence-electron chi connectivity index (χ4n) is 2.19. The van der Waals surface area contributed by atoms with E-state index in [0.29, 0.717) is 38.5 Å². The topological polar surface area (TPSA) is 61.4 Å². The van der Waals surface area contributed by atoms with E-state index in [9.17, 15) is 9.59 Å². The summed E-state index contributed by atoms with van der Waals surface area (Å²) in [4.78, 5) is 26.3. The molecular weight excluding hydrogens is 274 g/mol. The van der Waals surface area contributed by atoms with E-state index in [1.807, 2.05) is 6.07 Å². The first-order chi connectivity index (χ1) is 9.65. The summed E-state index contributed by atoms with van der Waals surface area (Å²) in [5, 5.41) is 7.80. The number of urea groups is 1. The van der Waals surface area contributed by atoms with E-state index in [4.69, 9.17) is 0 Å². The highest BCUT2D eigenvalue weighted by Gasteiger charge is 2.18. The Bertz CT molecular complexity index is 447. The van der Waals surface area contributed by atoms with E-state index in [1.54, 1.807) is 16.2 Å². The van der Waals surface area contributed by atoms with Gasteiger partial charge in [0.1, 0.15) is 0 Å². The molecule has 1 saturated heterocycles. The molecule has 20 heavy (non-hydrogen) atoms. The first-order valence-electron chi connectivity index (χ1n) is 6.97. The summed E-state index contributed by atoms with van der Waals surface area (Å²) in [5.41, 5.74) is 0. The Kier molecular flexibility index (Phi) is 5.40. The number of thiophene rings is 1. The van der Waals surface area contributed by atoms with E-state index < -0.39 is 0 Å². The molecule has 1 fully saturated rings. The predicted octanol–water partition coefficient (Wildman–Crippen LogP) is 1.46. The molecule has 0 unspecified atom stereocenters.